The first-order valence-electron chi connectivity index (χ1n) is 5.06. The molecule has 0 aromatic heterocycles. The topological polar surface area (TPSA) is 40.5 Å². The summed E-state index contributed by atoms with van der Waals surface area (Å²) in [6.45, 7) is 5.85. The number of phenolic OH excluding ortho intramolecular Hbond substituents is 1. The van der Waals surface area contributed by atoms with Crippen LogP contribution in [0.15, 0.2) is 29.2 Å². The summed E-state index contributed by atoms with van der Waals surface area (Å²) in [6.07, 6.45) is 0. The molecule has 0 spiro atoms. The second kappa shape index (κ2) is 4.90. The largest absolute Gasteiger partial charge is 0.508 e. The minimum atomic E-state index is -0.671. The second-order valence-corrected chi connectivity index (χ2v) is 5.35. The SMILES string of the molecule is CC(C)C(C)(O)CSc1cccc(O)c1. The zero-order chi connectivity index (χ0) is 11.5. The van der Waals surface area contributed by atoms with Crippen LogP contribution in [0.3, 0.4) is 0 Å². The molecule has 1 aromatic rings. The Bertz CT molecular complexity index is 321. The third-order valence-electron chi connectivity index (χ3n) is 2.59. The van der Waals surface area contributed by atoms with Gasteiger partial charge in [-0.3, -0.25) is 0 Å². The fraction of sp³-hybridized carbons (Fsp3) is 0.500. The predicted octanol–water partition coefficient (Wildman–Crippen LogP) is 2.89. The molecule has 1 rings (SSSR count). The van der Waals surface area contributed by atoms with E-state index >= 15 is 0 Å². The average molecular weight is 226 g/mol. The first-order chi connectivity index (χ1) is 6.92. The second-order valence-electron chi connectivity index (χ2n) is 4.30. The lowest BCUT2D eigenvalue weighted by Gasteiger charge is -2.27. The molecule has 3 heteroatoms. The van der Waals surface area contributed by atoms with Gasteiger partial charge in [-0.15, -0.1) is 11.8 Å². The molecule has 0 amide bonds. The van der Waals surface area contributed by atoms with Gasteiger partial charge in [0.1, 0.15) is 5.75 Å². The Balaban J connectivity index is 2.57. The molecule has 0 aliphatic heterocycles. The number of hydrogen-bond acceptors (Lipinski definition) is 3. The summed E-state index contributed by atoms with van der Waals surface area (Å²) in [4.78, 5) is 0.982. The molecule has 0 aliphatic rings. The molecule has 0 aliphatic carbocycles. The Kier molecular flexibility index (Phi) is 4.05. The molecule has 15 heavy (non-hydrogen) atoms. The summed E-state index contributed by atoms with van der Waals surface area (Å²) in [5.41, 5.74) is -0.671. The van der Waals surface area contributed by atoms with Gasteiger partial charge in [0, 0.05) is 10.6 Å². The van der Waals surface area contributed by atoms with Gasteiger partial charge >= 0.3 is 0 Å². The molecule has 2 N–H and O–H groups in total. The first-order valence-corrected chi connectivity index (χ1v) is 6.04. The van der Waals surface area contributed by atoms with Crippen molar-refractivity contribution in [2.75, 3.05) is 5.75 Å². The van der Waals surface area contributed by atoms with Crippen molar-refractivity contribution >= 4 is 11.8 Å². The summed E-state index contributed by atoms with van der Waals surface area (Å²) in [6, 6.07) is 7.09. The number of aromatic hydroxyl groups is 1. The van der Waals surface area contributed by atoms with Gasteiger partial charge in [0.15, 0.2) is 0 Å². The van der Waals surface area contributed by atoms with Gasteiger partial charge in [0.25, 0.3) is 0 Å². The third-order valence-corrected chi connectivity index (χ3v) is 3.91. The standard InChI is InChI=1S/C12H18O2S/c1-9(2)12(3,14)8-15-11-6-4-5-10(13)7-11/h4-7,9,13-14H,8H2,1-3H3. The smallest absolute Gasteiger partial charge is 0.116 e. The first kappa shape index (κ1) is 12.4. The van der Waals surface area contributed by atoms with E-state index in [2.05, 4.69) is 0 Å². The van der Waals surface area contributed by atoms with Crippen LogP contribution in [0, 0.1) is 5.92 Å². The van der Waals surface area contributed by atoms with Crippen molar-refractivity contribution in [1.29, 1.82) is 0 Å². The molecule has 1 atom stereocenters. The van der Waals surface area contributed by atoms with Gasteiger partial charge < -0.3 is 10.2 Å². The maximum Gasteiger partial charge on any atom is 0.116 e. The van der Waals surface area contributed by atoms with E-state index in [1.54, 1.807) is 23.9 Å². The van der Waals surface area contributed by atoms with Gasteiger partial charge in [-0.05, 0) is 31.0 Å². The van der Waals surface area contributed by atoms with E-state index in [9.17, 15) is 10.2 Å². The Morgan fingerprint density at radius 3 is 2.60 bits per heavy atom. The summed E-state index contributed by atoms with van der Waals surface area (Å²) in [7, 11) is 0. The van der Waals surface area contributed by atoms with Crippen molar-refractivity contribution in [2.45, 2.75) is 31.3 Å². The molecule has 0 heterocycles. The van der Waals surface area contributed by atoms with Crippen LogP contribution in [-0.2, 0) is 0 Å². The molecule has 0 radical (unpaired) electrons. The average Bonchev–Trinajstić information content (AvgIpc) is 2.15. The van der Waals surface area contributed by atoms with Crippen LogP contribution in [0.2, 0.25) is 0 Å². The van der Waals surface area contributed by atoms with Crippen molar-refractivity contribution in [2.24, 2.45) is 5.92 Å². The van der Waals surface area contributed by atoms with Crippen LogP contribution < -0.4 is 0 Å². The molecule has 0 saturated carbocycles. The Labute approximate surface area is 95.3 Å². The summed E-state index contributed by atoms with van der Waals surface area (Å²) >= 11 is 1.56. The van der Waals surface area contributed by atoms with E-state index in [1.807, 2.05) is 32.9 Å². The van der Waals surface area contributed by atoms with Crippen LogP contribution in [0.25, 0.3) is 0 Å². The summed E-state index contributed by atoms with van der Waals surface area (Å²) < 4.78 is 0. The van der Waals surface area contributed by atoms with E-state index in [0.717, 1.165) is 4.90 Å². The van der Waals surface area contributed by atoms with Crippen LogP contribution in [-0.4, -0.2) is 21.6 Å². The van der Waals surface area contributed by atoms with Crippen molar-refractivity contribution < 1.29 is 10.2 Å². The predicted molar refractivity (Wildman–Crippen MR) is 64.3 cm³/mol. The van der Waals surface area contributed by atoms with Crippen LogP contribution >= 0.6 is 11.8 Å². The van der Waals surface area contributed by atoms with Crippen molar-refractivity contribution in [3.63, 3.8) is 0 Å². The molecule has 0 bridgehead atoms. The Morgan fingerprint density at radius 2 is 2.07 bits per heavy atom. The highest BCUT2D eigenvalue weighted by molar-refractivity contribution is 7.99. The fourth-order valence-electron chi connectivity index (χ4n) is 0.969. The number of aliphatic hydroxyl groups is 1. The minimum absolute atomic E-state index is 0.224. The van der Waals surface area contributed by atoms with Crippen molar-refractivity contribution in [3.05, 3.63) is 24.3 Å². The summed E-state index contributed by atoms with van der Waals surface area (Å²) in [5, 5.41) is 19.3. The lowest BCUT2D eigenvalue weighted by molar-refractivity contribution is 0.0376. The maximum absolute atomic E-state index is 10.0. The highest BCUT2D eigenvalue weighted by atomic mass is 32.2. The monoisotopic (exact) mass is 226 g/mol. The van der Waals surface area contributed by atoms with E-state index < -0.39 is 5.60 Å². The molecule has 1 aromatic carbocycles. The third kappa shape index (κ3) is 3.76. The van der Waals surface area contributed by atoms with Crippen LogP contribution in [0.5, 0.6) is 5.75 Å². The normalized spacial score (nSPS) is 15.3. The van der Waals surface area contributed by atoms with E-state index in [4.69, 9.17) is 0 Å². The van der Waals surface area contributed by atoms with E-state index in [-0.39, 0.29) is 11.7 Å². The minimum Gasteiger partial charge on any atom is -0.508 e. The molecule has 2 nitrogen and oxygen atoms in total. The lowest BCUT2D eigenvalue weighted by atomic mass is 9.95. The van der Waals surface area contributed by atoms with Gasteiger partial charge in [-0.1, -0.05) is 19.9 Å². The van der Waals surface area contributed by atoms with Crippen LogP contribution in [0.4, 0.5) is 0 Å². The number of thioether (sulfide) groups is 1. The van der Waals surface area contributed by atoms with E-state index in [1.165, 1.54) is 0 Å². The van der Waals surface area contributed by atoms with Crippen molar-refractivity contribution in [1.82, 2.24) is 0 Å². The van der Waals surface area contributed by atoms with Gasteiger partial charge in [0.2, 0.25) is 0 Å². The molecule has 84 valence electrons. The molecule has 1 unspecified atom stereocenters. The fourth-order valence-corrected chi connectivity index (χ4v) is 2.14. The quantitative estimate of drug-likeness (QED) is 0.776. The molecule has 0 saturated heterocycles. The number of benzene rings is 1. The van der Waals surface area contributed by atoms with E-state index in [0.29, 0.717) is 5.75 Å². The van der Waals surface area contributed by atoms with Crippen molar-refractivity contribution in [3.8, 4) is 5.75 Å². The van der Waals surface area contributed by atoms with Gasteiger partial charge in [-0.25, -0.2) is 0 Å². The number of phenols is 1. The highest BCUT2D eigenvalue weighted by Crippen LogP contribution is 2.28. The number of hydrogen-bond donors (Lipinski definition) is 2. The Hall–Kier alpha value is -0.670. The maximum atomic E-state index is 10.0. The number of rotatable bonds is 4. The summed E-state index contributed by atoms with van der Waals surface area (Å²) in [5.74, 6) is 1.13. The molecule has 0 fully saturated rings. The molecular weight excluding hydrogens is 208 g/mol. The zero-order valence-electron chi connectivity index (χ0n) is 9.40. The van der Waals surface area contributed by atoms with Crippen LogP contribution in [0.1, 0.15) is 20.8 Å². The molecular formula is C12H18O2S. The Morgan fingerprint density at radius 1 is 1.40 bits per heavy atom. The van der Waals surface area contributed by atoms with Gasteiger partial charge in [-0.2, -0.15) is 0 Å². The highest BCUT2D eigenvalue weighted by Gasteiger charge is 2.24. The zero-order valence-corrected chi connectivity index (χ0v) is 10.2. The van der Waals surface area contributed by atoms with Gasteiger partial charge in [0.05, 0.1) is 5.60 Å². The lowest BCUT2D eigenvalue weighted by Crippen LogP contribution is -2.33.